The highest BCUT2D eigenvalue weighted by Gasteiger charge is 2.21. The first-order valence-corrected chi connectivity index (χ1v) is 12.0. The zero-order chi connectivity index (χ0) is 20.5. The Morgan fingerprint density at radius 3 is 3.00 bits per heavy atom. The first-order chi connectivity index (χ1) is 13.9. The number of nitrogens with one attached hydrogen (secondary N) is 2. The van der Waals surface area contributed by atoms with E-state index in [4.69, 9.17) is 23.2 Å². The Kier molecular flexibility index (Phi) is 6.20. The van der Waals surface area contributed by atoms with E-state index in [0.29, 0.717) is 21.6 Å². The van der Waals surface area contributed by atoms with Crippen LogP contribution in [-0.2, 0) is 23.4 Å². The molecular formula is C20H19Cl2N3O2S2. The molecule has 2 N–H and O–H groups in total. The third kappa shape index (κ3) is 4.48. The molecule has 3 aromatic rings. The molecular weight excluding hydrogens is 449 g/mol. The number of amides is 1. The number of fused-ring (bicyclic) bond motifs is 3. The number of aryl methyl sites for hydroxylation is 2. The quantitative estimate of drug-likeness (QED) is 0.540. The van der Waals surface area contributed by atoms with Gasteiger partial charge in [-0.05, 0) is 49.4 Å². The number of aromatic amines is 1. The van der Waals surface area contributed by atoms with E-state index >= 15 is 0 Å². The molecule has 1 unspecified atom stereocenters. The van der Waals surface area contributed by atoms with Crippen LogP contribution in [-0.4, -0.2) is 21.6 Å². The number of thioether (sulfide) groups is 1. The molecule has 5 nitrogen and oxygen atoms in total. The number of rotatable bonds is 6. The van der Waals surface area contributed by atoms with Crippen molar-refractivity contribution in [1.29, 1.82) is 0 Å². The highest BCUT2D eigenvalue weighted by atomic mass is 35.5. The SMILES string of the molecule is CC(NC(=O)CSCc1nc2sc3c(c2c(=O)[nH]1)CCC3)c1ccc(Cl)cc1Cl. The molecule has 1 aromatic carbocycles. The summed E-state index contributed by atoms with van der Waals surface area (Å²) in [6.07, 6.45) is 3.11. The Balaban J connectivity index is 1.35. The van der Waals surface area contributed by atoms with E-state index in [-0.39, 0.29) is 23.3 Å². The van der Waals surface area contributed by atoms with Crippen molar-refractivity contribution < 1.29 is 4.79 Å². The fourth-order valence-electron chi connectivity index (χ4n) is 3.57. The molecule has 0 fully saturated rings. The number of hydrogen-bond donors (Lipinski definition) is 2. The largest absolute Gasteiger partial charge is 0.349 e. The topological polar surface area (TPSA) is 74.8 Å². The minimum atomic E-state index is -0.226. The van der Waals surface area contributed by atoms with E-state index < -0.39 is 0 Å². The minimum Gasteiger partial charge on any atom is -0.349 e. The Labute approximate surface area is 186 Å². The van der Waals surface area contributed by atoms with Gasteiger partial charge in [-0.25, -0.2) is 4.98 Å². The van der Waals surface area contributed by atoms with Gasteiger partial charge < -0.3 is 10.3 Å². The van der Waals surface area contributed by atoms with Crippen LogP contribution in [0.2, 0.25) is 10.0 Å². The molecule has 0 spiro atoms. The fraction of sp³-hybridized carbons (Fsp3) is 0.350. The lowest BCUT2D eigenvalue weighted by molar-refractivity contribution is -0.119. The fourth-order valence-corrected chi connectivity index (χ4v) is 6.12. The molecule has 1 amide bonds. The van der Waals surface area contributed by atoms with Crippen LogP contribution in [0.25, 0.3) is 10.2 Å². The van der Waals surface area contributed by atoms with Crippen molar-refractivity contribution >= 4 is 62.4 Å². The van der Waals surface area contributed by atoms with Crippen molar-refractivity contribution in [2.24, 2.45) is 0 Å². The Hall–Kier alpha value is -1.54. The lowest BCUT2D eigenvalue weighted by Crippen LogP contribution is -2.28. The van der Waals surface area contributed by atoms with Gasteiger partial charge in [-0.15, -0.1) is 23.1 Å². The van der Waals surface area contributed by atoms with Gasteiger partial charge in [0.2, 0.25) is 5.91 Å². The van der Waals surface area contributed by atoms with Gasteiger partial charge in [-0.3, -0.25) is 9.59 Å². The highest BCUT2D eigenvalue weighted by Crippen LogP contribution is 2.34. The molecule has 2 heterocycles. The summed E-state index contributed by atoms with van der Waals surface area (Å²) in [5, 5.41) is 4.77. The Bertz CT molecular complexity index is 1140. The number of aromatic nitrogens is 2. The van der Waals surface area contributed by atoms with E-state index in [9.17, 15) is 9.59 Å². The number of halogens is 2. The standard InChI is InChI=1S/C20H19Cl2N3O2S2/c1-10(12-6-5-11(21)7-14(12)22)23-17(26)9-28-8-16-24-19(27)18-13-3-2-4-15(13)29-20(18)25-16/h5-7,10H,2-4,8-9H2,1H3,(H,23,26)(H,24,25,27). The number of H-pyrrole nitrogens is 1. The summed E-state index contributed by atoms with van der Waals surface area (Å²) in [6, 6.07) is 4.99. The first-order valence-electron chi connectivity index (χ1n) is 9.28. The van der Waals surface area contributed by atoms with E-state index in [1.165, 1.54) is 22.2 Å². The molecule has 0 bridgehead atoms. The Morgan fingerprint density at radius 2 is 2.21 bits per heavy atom. The molecule has 29 heavy (non-hydrogen) atoms. The lowest BCUT2D eigenvalue weighted by Gasteiger charge is -2.15. The second-order valence-corrected chi connectivity index (χ2v) is 9.91. The summed E-state index contributed by atoms with van der Waals surface area (Å²) in [6.45, 7) is 1.88. The van der Waals surface area contributed by atoms with Crippen molar-refractivity contribution in [2.45, 2.75) is 38.0 Å². The van der Waals surface area contributed by atoms with Gasteiger partial charge >= 0.3 is 0 Å². The summed E-state index contributed by atoms with van der Waals surface area (Å²) in [5.41, 5.74) is 1.92. The molecule has 1 atom stereocenters. The molecule has 2 aromatic heterocycles. The summed E-state index contributed by atoms with van der Waals surface area (Å²) >= 11 is 15.2. The Morgan fingerprint density at radius 1 is 1.38 bits per heavy atom. The van der Waals surface area contributed by atoms with Crippen molar-refractivity contribution in [3.63, 3.8) is 0 Å². The summed E-state index contributed by atoms with van der Waals surface area (Å²) in [7, 11) is 0. The van der Waals surface area contributed by atoms with Crippen LogP contribution >= 0.6 is 46.3 Å². The van der Waals surface area contributed by atoms with Gasteiger partial charge in [-0.1, -0.05) is 29.3 Å². The number of thiophene rings is 1. The molecule has 1 aliphatic rings. The smallest absolute Gasteiger partial charge is 0.259 e. The monoisotopic (exact) mass is 467 g/mol. The number of carbonyl (C=O) groups is 1. The number of benzene rings is 1. The van der Waals surface area contributed by atoms with E-state index in [1.807, 2.05) is 13.0 Å². The average molecular weight is 468 g/mol. The minimum absolute atomic E-state index is 0.0690. The van der Waals surface area contributed by atoms with E-state index in [1.54, 1.807) is 23.5 Å². The second kappa shape index (κ2) is 8.68. The molecule has 152 valence electrons. The second-order valence-electron chi connectivity index (χ2n) is 7.00. The third-order valence-corrected chi connectivity index (χ3v) is 7.59. The van der Waals surface area contributed by atoms with Crippen molar-refractivity contribution in [1.82, 2.24) is 15.3 Å². The zero-order valence-electron chi connectivity index (χ0n) is 15.7. The van der Waals surface area contributed by atoms with Crippen LogP contribution in [0.4, 0.5) is 0 Å². The number of nitrogens with zero attached hydrogens (tertiary/aromatic N) is 1. The summed E-state index contributed by atoms with van der Waals surface area (Å²) in [5.74, 6) is 1.23. The van der Waals surface area contributed by atoms with Crippen LogP contribution in [0.5, 0.6) is 0 Å². The predicted octanol–water partition coefficient (Wildman–Crippen LogP) is 4.89. The zero-order valence-corrected chi connectivity index (χ0v) is 18.8. The van der Waals surface area contributed by atoms with Gasteiger partial charge in [0.05, 0.1) is 22.9 Å². The average Bonchev–Trinajstić information content (AvgIpc) is 3.22. The maximum atomic E-state index is 12.5. The highest BCUT2D eigenvalue weighted by molar-refractivity contribution is 7.99. The van der Waals surface area contributed by atoms with Crippen LogP contribution < -0.4 is 10.9 Å². The normalized spacial score (nSPS) is 14.2. The van der Waals surface area contributed by atoms with Gasteiger partial charge in [0.15, 0.2) is 0 Å². The van der Waals surface area contributed by atoms with Crippen molar-refractivity contribution in [3.8, 4) is 0 Å². The number of hydrogen-bond acceptors (Lipinski definition) is 5. The van der Waals surface area contributed by atoms with Crippen molar-refractivity contribution in [2.75, 3.05) is 5.75 Å². The van der Waals surface area contributed by atoms with Crippen LogP contribution in [0.1, 0.15) is 41.2 Å². The molecule has 9 heteroatoms. The molecule has 0 saturated heterocycles. The number of carbonyl (C=O) groups excluding carboxylic acids is 1. The molecule has 0 aliphatic heterocycles. The first kappa shape index (κ1) is 20.7. The lowest BCUT2D eigenvalue weighted by atomic mass is 10.1. The molecule has 0 saturated carbocycles. The van der Waals surface area contributed by atoms with Crippen LogP contribution in [0.15, 0.2) is 23.0 Å². The molecule has 4 rings (SSSR count). The summed E-state index contributed by atoms with van der Waals surface area (Å²) in [4.78, 5) is 34.3. The maximum Gasteiger partial charge on any atom is 0.259 e. The molecule has 1 aliphatic carbocycles. The third-order valence-electron chi connectivity index (χ3n) is 4.90. The van der Waals surface area contributed by atoms with Gasteiger partial charge in [0.25, 0.3) is 5.56 Å². The van der Waals surface area contributed by atoms with Crippen molar-refractivity contribution in [3.05, 3.63) is 60.4 Å². The van der Waals surface area contributed by atoms with E-state index in [0.717, 1.165) is 35.0 Å². The molecule has 0 radical (unpaired) electrons. The predicted molar refractivity (Wildman–Crippen MR) is 121 cm³/mol. The van der Waals surface area contributed by atoms with Crippen LogP contribution in [0, 0.1) is 0 Å². The van der Waals surface area contributed by atoms with Gasteiger partial charge in [-0.2, -0.15) is 0 Å². The summed E-state index contributed by atoms with van der Waals surface area (Å²) < 4.78 is 0. The van der Waals surface area contributed by atoms with Gasteiger partial charge in [0.1, 0.15) is 10.7 Å². The van der Waals surface area contributed by atoms with Gasteiger partial charge in [0, 0.05) is 14.9 Å². The maximum absolute atomic E-state index is 12.5. The van der Waals surface area contributed by atoms with Crippen LogP contribution in [0.3, 0.4) is 0 Å². The van der Waals surface area contributed by atoms with E-state index in [2.05, 4.69) is 15.3 Å².